The number of rotatable bonds is 6. The summed E-state index contributed by atoms with van der Waals surface area (Å²) < 4.78 is 31.8. The molecule has 6 heteroatoms. The molecule has 0 aromatic heterocycles. The normalized spacial score (nSPS) is 11.8. The Labute approximate surface area is 113 Å². The maximum absolute atomic E-state index is 12.0. The first-order valence-corrected chi connectivity index (χ1v) is 7.65. The summed E-state index contributed by atoms with van der Waals surface area (Å²) in [6, 6.07) is 4.43. The topological polar surface area (TPSA) is 55.4 Å². The molecule has 18 heavy (non-hydrogen) atoms. The van der Waals surface area contributed by atoms with Gasteiger partial charge in [-0.3, -0.25) is 0 Å². The minimum atomic E-state index is -3.50. The summed E-state index contributed by atoms with van der Waals surface area (Å²) >= 11 is 5.91. The molecule has 4 nitrogen and oxygen atoms in total. The number of halogens is 1. The zero-order valence-corrected chi connectivity index (χ0v) is 12.3. The molecule has 0 unspecified atom stereocenters. The highest BCUT2D eigenvalue weighted by atomic mass is 35.5. The first kappa shape index (κ1) is 15.3. The van der Waals surface area contributed by atoms with Crippen LogP contribution in [0.3, 0.4) is 0 Å². The van der Waals surface area contributed by atoms with E-state index in [1.54, 1.807) is 0 Å². The SMILES string of the molecule is CCOc1cc(S(=O)(=O)NCC(C)C)ccc1Cl. The van der Waals surface area contributed by atoms with Crippen LogP contribution in [0.2, 0.25) is 5.02 Å². The van der Waals surface area contributed by atoms with Gasteiger partial charge >= 0.3 is 0 Å². The molecule has 0 amide bonds. The van der Waals surface area contributed by atoms with Gasteiger partial charge in [0.05, 0.1) is 16.5 Å². The molecule has 0 spiro atoms. The van der Waals surface area contributed by atoms with Crippen molar-refractivity contribution in [1.82, 2.24) is 4.72 Å². The Morgan fingerprint density at radius 3 is 2.61 bits per heavy atom. The first-order valence-electron chi connectivity index (χ1n) is 5.79. The minimum Gasteiger partial charge on any atom is -0.492 e. The Morgan fingerprint density at radius 2 is 2.06 bits per heavy atom. The van der Waals surface area contributed by atoms with Gasteiger partial charge in [-0.1, -0.05) is 25.4 Å². The van der Waals surface area contributed by atoms with Gasteiger partial charge in [0.1, 0.15) is 5.75 Å². The van der Waals surface area contributed by atoms with Crippen LogP contribution in [-0.2, 0) is 10.0 Å². The molecular formula is C12H18ClNO3S. The lowest BCUT2D eigenvalue weighted by Crippen LogP contribution is -2.27. The Morgan fingerprint density at radius 1 is 1.39 bits per heavy atom. The molecule has 102 valence electrons. The van der Waals surface area contributed by atoms with Gasteiger partial charge in [0.2, 0.25) is 10.0 Å². The van der Waals surface area contributed by atoms with Gasteiger partial charge in [-0.05, 0) is 25.0 Å². The van der Waals surface area contributed by atoms with Crippen molar-refractivity contribution in [3.05, 3.63) is 23.2 Å². The minimum absolute atomic E-state index is 0.163. The second kappa shape index (κ2) is 6.41. The van der Waals surface area contributed by atoms with E-state index in [9.17, 15) is 8.42 Å². The molecule has 0 saturated carbocycles. The zero-order chi connectivity index (χ0) is 13.8. The summed E-state index contributed by atoms with van der Waals surface area (Å²) in [6.45, 7) is 6.53. The Balaban J connectivity index is 2.98. The highest BCUT2D eigenvalue weighted by Gasteiger charge is 2.16. The third kappa shape index (κ3) is 4.15. The lowest BCUT2D eigenvalue weighted by Gasteiger charge is -2.11. The Kier molecular flexibility index (Phi) is 5.44. The van der Waals surface area contributed by atoms with Gasteiger partial charge in [0.15, 0.2) is 0 Å². The molecule has 1 aromatic carbocycles. The van der Waals surface area contributed by atoms with E-state index < -0.39 is 10.0 Å². The fourth-order valence-corrected chi connectivity index (χ4v) is 2.68. The molecular weight excluding hydrogens is 274 g/mol. The van der Waals surface area contributed by atoms with E-state index in [-0.39, 0.29) is 10.8 Å². The summed E-state index contributed by atoms with van der Waals surface area (Å²) in [4.78, 5) is 0.163. The van der Waals surface area contributed by atoms with Crippen molar-refractivity contribution in [1.29, 1.82) is 0 Å². The molecule has 0 atom stereocenters. The van der Waals surface area contributed by atoms with Gasteiger partial charge in [-0.2, -0.15) is 0 Å². The van der Waals surface area contributed by atoms with E-state index in [0.29, 0.717) is 23.9 Å². The van der Waals surface area contributed by atoms with Gasteiger partial charge in [-0.25, -0.2) is 13.1 Å². The second-order valence-electron chi connectivity index (χ2n) is 4.27. The van der Waals surface area contributed by atoms with Crippen molar-refractivity contribution in [2.24, 2.45) is 5.92 Å². The molecule has 0 aliphatic carbocycles. The molecule has 1 rings (SSSR count). The lowest BCUT2D eigenvalue weighted by molar-refractivity contribution is 0.339. The number of hydrogen-bond donors (Lipinski definition) is 1. The second-order valence-corrected chi connectivity index (χ2v) is 6.45. The zero-order valence-electron chi connectivity index (χ0n) is 10.7. The van der Waals surface area contributed by atoms with E-state index in [4.69, 9.17) is 16.3 Å². The standard InChI is InChI=1S/C12H18ClNO3S/c1-4-17-12-7-10(5-6-11(12)13)18(15,16)14-8-9(2)3/h5-7,9,14H,4,8H2,1-3H3. The maximum atomic E-state index is 12.0. The number of sulfonamides is 1. The maximum Gasteiger partial charge on any atom is 0.240 e. The van der Waals surface area contributed by atoms with Crippen LogP contribution >= 0.6 is 11.6 Å². The number of benzene rings is 1. The molecule has 0 radical (unpaired) electrons. The van der Waals surface area contributed by atoms with Gasteiger partial charge < -0.3 is 4.74 Å². The monoisotopic (exact) mass is 291 g/mol. The lowest BCUT2D eigenvalue weighted by atomic mass is 10.2. The molecule has 0 bridgehead atoms. The summed E-state index contributed by atoms with van der Waals surface area (Å²) in [7, 11) is -3.50. The molecule has 1 N–H and O–H groups in total. The van der Waals surface area contributed by atoms with Gasteiger partial charge in [0.25, 0.3) is 0 Å². The van der Waals surface area contributed by atoms with Crippen molar-refractivity contribution in [3.8, 4) is 5.75 Å². The van der Waals surface area contributed by atoms with E-state index in [1.807, 2.05) is 20.8 Å². The van der Waals surface area contributed by atoms with Crippen molar-refractivity contribution in [3.63, 3.8) is 0 Å². The molecule has 0 fully saturated rings. The van der Waals surface area contributed by atoms with E-state index in [0.717, 1.165) is 0 Å². The first-order chi connectivity index (χ1) is 8.36. The average molecular weight is 292 g/mol. The van der Waals surface area contributed by atoms with Gasteiger partial charge in [-0.15, -0.1) is 0 Å². The summed E-state index contributed by atoms with van der Waals surface area (Å²) in [6.07, 6.45) is 0. The third-order valence-corrected chi connectivity index (χ3v) is 3.93. The largest absolute Gasteiger partial charge is 0.492 e. The number of ether oxygens (including phenoxy) is 1. The summed E-state index contributed by atoms with van der Waals surface area (Å²) in [5.74, 6) is 0.630. The van der Waals surface area contributed by atoms with E-state index in [2.05, 4.69) is 4.72 Å². The summed E-state index contributed by atoms with van der Waals surface area (Å²) in [5, 5.41) is 0.402. The highest BCUT2D eigenvalue weighted by molar-refractivity contribution is 7.89. The van der Waals surface area contributed by atoms with Crippen LogP contribution in [0.15, 0.2) is 23.1 Å². The summed E-state index contributed by atoms with van der Waals surface area (Å²) in [5.41, 5.74) is 0. The third-order valence-electron chi connectivity index (χ3n) is 2.19. The van der Waals surface area contributed by atoms with Crippen molar-refractivity contribution < 1.29 is 13.2 Å². The fraction of sp³-hybridized carbons (Fsp3) is 0.500. The smallest absolute Gasteiger partial charge is 0.240 e. The van der Waals surface area contributed by atoms with E-state index in [1.165, 1.54) is 18.2 Å². The van der Waals surface area contributed by atoms with Crippen LogP contribution in [0.4, 0.5) is 0 Å². The molecule has 0 saturated heterocycles. The van der Waals surface area contributed by atoms with Crippen LogP contribution in [0.5, 0.6) is 5.75 Å². The van der Waals surface area contributed by atoms with E-state index >= 15 is 0 Å². The molecule has 0 heterocycles. The van der Waals surface area contributed by atoms with Crippen LogP contribution in [0.25, 0.3) is 0 Å². The van der Waals surface area contributed by atoms with Crippen molar-refractivity contribution >= 4 is 21.6 Å². The predicted molar refractivity (Wildman–Crippen MR) is 72.6 cm³/mol. The number of hydrogen-bond acceptors (Lipinski definition) is 3. The Bertz CT molecular complexity index is 500. The van der Waals surface area contributed by atoms with Crippen molar-refractivity contribution in [2.45, 2.75) is 25.7 Å². The molecule has 1 aromatic rings. The molecule has 0 aliphatic rings. The van der Waals surface area contributed by atoms with Crippen LogP contribution in [0.1, 0.15) is 20.8 Å². The van der Waals surface area contributed by atoms with Crippen LogP contribution < -0.4 is 9.46 Å². The molecule has 0 aliphatic heterocycles. The fourth-order valence-electron chi connectivity index (χ4n) is 1.28. The van der Waals surface area contributed by atoms with Crippen LogP contribution in [0, 0.1) is 5.92 Å². The average Bonchev–Trinajstić information content (AvgIpc) is 2.29. The Hall–Kier alpha value is -0.780. The predicted octanol–water partition coefficient (Wildman–Crippen LogP) is 2.67. The number of nitrogens with one attached hydrogen (secondary N) is 1. The van der Waals surface area contributed by atoms with Crippen molar-refractivity contribution in [2.75, 3.05) is 13.2 Å². The van der Waals surface area contributed by atoms with Gasteiger partial charge in [0, 0.05) is 12.6 Å². The van der Waals surface area contributed by atoms with Crippen LogP contribution in [-0.4, -0.2) is 21.6 Å². The highest BCUT2D eigenvalue weighted by Crippen LogP contribution is 2.27. The quantitative estimate of drug-likeness (QED) is 0.877.